The summed E-state index contributed by atoms with van der Waals surface area (Å²) >= 11 is 18.0. The number of hydrogen-bond acceptors (Lipinski definition) is 3. The number of halogens is 3. The van der Waals surface area contributed by atoms with Gasteiger partial charge in [-0.25, -0.2) is 0 Å². The zero-order valence-corrected chi connectivity index (χ0v) is 13.4. The Morgan fingerprint density at radius 1 is 1.30 bits per heavy atom. The topological polar surface area (TPSA) is 45.4 Å². The third-order valence-electron chi connectivity index (χ3n) is 3.34. The molecule has 0 saturated carbocycles. The van der Waals surface area contributed by atoms with E-state index >= 15 is 0 Å². The normalized spacial score (nSPS) is 17.1. The average molecular weight is 337 g/mol. The molecule has 2 N–H and O–H groups in total. The molecule has 2 rings (SSSR count). The van der Waals surface area contributed by atoms with Crippen LogP contribution in [0.3, 0.4) is 0 Å². The molecule has 0 bridgehead atoms. The molecule has 2 aromatic rings. The highest BCUT2D eigenvalue weighted by Crippen LogP contribution is 2.40. The lowest BCUT2D eigenvalue weighted by atomic mass is 9.88. The molecule has 1 aromatic carbocycles. The van der Waals surface area contributed by atoms with E-state index in [1.165, 1.54) is 0 Å². The maximum atomic E-state index is 10.9. The highest BCUT2D eigenvalue weighted by atomic mass is 35.6. The van der Waals surface area contributed by atoms with Gasteiger partial charge < -0.3 is 14.8 Å². The Balaban J connectivity index is 2.44. The number of nitrogens with one attached hydrogen (secondary N) is 1. The molecule has 0 aliphatic rings. The minimum absolute atomic E-state index is 0.567. The molecule has 0 aliphatic heterocycles. The van der Waals surface area contributed by atoms with E-state index in [-0.39, 0.29) is 0 Å². The number of alkyl halides is 3. The summed E-state index contributed by atoms with van der Waals surface area (Å²) < 4.78 is 3.71. The van der Waals surface area contributed by atoms with Gasteiger partial charge in [-0.3, -0.25) is 0 Å². The SMILES string of the molecule is CCNC(C(Cl)(Cl)Cl)C(C)(O)c1ccc2ccoc2c1. The van der Waals surface area contributed by atoms with Crippen molar-refractivity contribution in [3.05, 3.63) is 36.1 Å². The molecule has 0 aliphatic carbocycles. The van der Waals surface area contributed by atoms with Gasteiger partial charge in [0.25, 0.3) is 0 Å². The van der Waals surface area contributed by atoms with Crippen molar-refractivity contribution in [1.29, 1.82) is 0 Å². The lowest BCUT2D eigenvalue weighted by Crippen LogP contribution is -2.54. The summed E-state index contributed by atoms with van der Waals surface area (Å²) in [5.41, 5.74) is -0.0537. The molecule has 3 nitrogen and oxygen atoms in total. The van der Waals surface area contributed by atoms with Crippen molar-refractivity contribution in [3.8, 4) is 0 Å². The maximum Gasteiger partial charge on any atom is 0.208 e. The Kier molecular flexibility index (Phi) is 4.57. The van der Waals surface area contributed by atoms with Crippen LogP contribution in [0.15, 0.2) is 34.9 Å². The molecule has 2 unspecified atom stereocenters. The Labute approximate surface area is 132 Å². The van der Waals surface area contributed by atoms with Gasteiger partial charge in [0.05, 0.1) is 12.3 Å². The fourth-order valence-corrected chi connectivity index (χ4v) is 3.14. The lowest BCUT2D eigenvalue weighted by Gasteiger charge is -2.38. The van der Waals surface area contributed by atoms with Gasteiger partial charge in [-0.1, -0.05) is 53.9 Å². The van der Waals surface area contributed by atoms with E-state index in [9.17, 15) is 5.11 Å². The number of rotatable bonds is 4. The Hall–Kier alpha value is -0.450. The zero-order chi connectivity index (χ0) is 15.0. The molecule has 2 atom stereocenters. The third-order valence-corrected chi connectivity index (χ3v) is 3.99. The van der Waals surface area contributed by atoms with Crippen molar-refractivity contribution in [1.82, 2.24) is 5.32 Å². The predicted molar refractivity (Wildman–Crippen MR) is 83.5 cm³/mol. The van der Waals surface area contributed by atoms with E-state index in [1.807, 2.05) is 19.1 Å². The third kappa shape index (κ3) is 3.07. The van der Waals surface area contributed by atoms with Gasteiger partial charge in [0.2, 0.25) is 3.79 Å². The second kappa shape index (κ2) is 5.74. The molecular weight excluding hydrogens is 321 g/mol. The lowest BCUT2D eigenvalue weighted by molar-refractivity contribution is 0.0169. The summed E-state index contributed by atoms with van der Waals surface area (Å²) in [6.07, 6.45) is 1.60. The van der Waals surface area contributed by atoms with E-state index in [2.05, 4.69) is 5.32 Å². The molecule has 0 amide bonds. The standard InChI is InChI=1S/C14H16Cl3NO2/c1-3-18-12(14(15,16)17)13(2,19)10-5-4-9-6-7-20-11(9)8-10/h4-8,12,18-19H,3H2,1-2H3. The minimum Gasteiger partial charge on any atom is -0.464 e. The van der Waals surface area contributed by atoms with Gasteiger partial charge in [0, 0.05) is 5.39 Å². The molecule has 1 aromatic heterocycles. The van der Waals surface area contributed by atoms with Gasteiger partial charge in [-0.15, -0.1) is 0 Å². The van der Waals surface area contributed by atoms with Crippen LogP contribution in [0, 0.1) is 0 Å². The monoisotopic (exact) mass is 335 g/mol. The van der Waals surface area contributed by atoms with Crippen molar-refractivity contribution >= 4 is 45.8 Å². The Morgan fingerprint density at radius 3 is 2.60 bits per heavy atom. The molecule has 20 heavy (non-hydrogen) atoms. The number of fused-ring (bicyclic) bond motifs is 1. The highest BCUT2D eigenvalue weighted by Gasteiger charge is 2.46. The quantitative estimate of drug-likeness (QED) is 0.830. The molecule has 6 heteroatoms. The number of furan rings is 1. The maximum absolute atomic E-state index is 10.9. The Morgan fingerprint density at radius 2 is 2.00 bits per heavy atom. The first-order chi connectivity index (χ1) is 9.26. The smallest absolute Gasteiger partial charge is 0.208 e. The van der Waals surface area contributed by atoms with Gasteiger partial charge in [-0.2, -0.15) is 0 Å². The molecule has 0 spiro atoms. The first-order valence-corrected chi connectivity index (χ1v) is 7.40. The van der Waals surface area contributed by atoms with E-state index in [0.717, 1.165) is 5.39 Å². The van der Waals surface area contributed by atoms with Crippen LogP contribution in [-0.2, 0) is 5.60 Å². The summed E-state index contributed by atoms with van der Waals surface area (Å²) in [7, 11) is 0. The number of hydrogen-bond donors (Lipinski definition) is 2. The fraction of sp³-hybridized carbons (Fsp3) is 0.429. The molecule has 0 radical (unpaired) electrons. The van der Waals surface area contributed by atoms with Crippen LogP contribution in [0.25, 0.3) is 11.0 Å². The van der Waals surface area contributed by atoms with Crippen LogP contribution in [0.4, 0.5) is 0 Å². The van der Waals surface area contributed by atoms with Crippen LogP contribution >= 0.6 is 34.8 Å². The van der Waals surface area contributed by atoms with Crippen molar-refractivity contribution < 1.29 is 9.52 Å². The largest absolute Gasteiger partial charge is 0.464 e. The summed E-state index contributed by atoms with van der Waals surface area (Å²) in [5, 5.41) is 14.8. The molecule has 1 heterocycles. The van der Waals surface area contributed by atoms with Crippen LogP contribution in [0.1, 0.15) is 19.4 Å². The first kappa shape index (κ1) is 15.9. The summed E-state index contributed by atoms with van der Waals surface area (Å²) in [6.45, 7) is 4.07. The zero-order valence-electron chi connectivity index (χ0n) is 11.2. The van der Waals surface area contributed by atoms with Gasteiger partial charge >= 0.3 is 0 Å². The number of likely N-dealkylation sites (N-methyl/N-ethyl adjacent to an activating group) is 1. The second-order valence-electron chi connectivity index (χ2n) is 4.85. The number of benzene rings is 1. The summed E-state index contributed by atoms with van der Waals surface area (Å²) in [6, 6.07) is 6.53. The van der Waals surface area contributed by atoms with Crippen LogP contribution < -0.4 is 5.32 Å². The summed E-state index contributed by atoms with van der Waals surface area (Å²) in [5.74, 6) is 0. The minimum atomic E-state index is -1.64. The van der Waals surface area contributed by atoms with Crippen molar-refractivity contribution in [2.24, 2.45) is 0 Å². The first-order valence-electron chi connectivity index (χ1n) is 6.27. The van der Waals surface area contributed by atoms with Gasteiger partial charge in [-0.05, 0) is 31.2 Å². The predicted octanol–water partition coefficient (Wildman–Crippen LogP) is 3.99. The highest BCUT2D eigenvalue weighted by molar-refractivity contribution is 6.68. The van der Waals surface area contributed by atoms with E-state index in [0.29, 0.717) is 17.7 Å². The van der Waals surface area contributed by atoms with Crippen LogP contribution in [0.5, 0.6) is 0 Å². The second-order valence-corrected chi connectivity index (χ2v) is 7.22. The fourth-order valence-electron chi connectivity index (χ4n) is 2.27. The number of aliphatic hydroxyl groups is 1. The van der Waals surface area contributed by atoms with Gasteiger partial charge in [0.15, 0.2) is 0 Å². The average Bonchev–Trinajstić information content (AvgIpc) is 2.81. The molecule has 0 fully saturated rings. The Bertz CT molecular complexity index is 589. The van der Waals surface area contributed by atoms with Crippen molar-refractivity contribution in [2.45, 2.75) is 29.3 Å². The van der Waals surface area contributed by atoms with Crippen molar-refractivity contribution in [3.63, 3.8) is 0 Å². The van der Waals surface area contributed by atoms with E-state index in [1.54, 1.807) is 25.3 Å². The van der Waals surface area contributed by atoms with Gasteiger partial charge in [0.1, 0.15) is 11.2 Å². The van der Waals surface area contributed by atoms with Crippen LogP contribution in [-0.4, -0.2) is 21.5 Å². The molecule has 110 valence electrons. The van der Waals surface area contributed by atoms with E-state index < -0.39 is 15.4 Å². The summed E-state index contributed by atoms with van der Waals surface area (Å²) in [4.78, 5) is 0. The van der Waals surface area contributed by atoms with E-state index in [4.69, 9.17) is 39.2 Å². The molecular formula is C14H16Cl3NO2. The van der Waals surface area contributed by atoms with Crippen molar-refractivity contribution in [2.75, 3.05) is 6.54 Å². The van der Waals surface area contributed by atoms with Crippen LogP contribution in [0.2, 0.25) is 0 Å². The molecule has 0 saturated heterocycles.